The predicted molar refractivity (Wildman–Crippen MR) is 82.1 cm³/mol. The number of amides is 1. The largest absolute Gasteiger partial charge is 0.484 e. The monoisotopic (exact) mass is 282 g/mol. The first-order valence-electron chi connectivity index (χ1n) is 7.05. The lowest BCUT2D eigenvalue weighted by Gasteiger charge is -2.07. The van der Waals surface area contributed by atoms with Crippen molar-refractivity contribution in [1.29, 1.82) is 0 Å². The van der Waals surface area contributed by atoms with Crippen molar-refractivity contribution in [2.24, 2.45) is 0 Å². The first kappa shape index (κ1) is 13.5. The summed E-state index contributed by atoms with van der Waals surface area (Å²) in [5.74, 6) is 0.997. The van der Waals surface area contributed by atoms with Crippen molar-refractivity contribution in [2.45, 2.75) is 18.4 Å². The molecule has 1 fully saturated rings. The molecule has 2 aromatic rings. The van der Waals surface area contributed by atoms with Crippen LogP contribution in [-0.4, -0.2) is 18.6 Å². The van der Waals surface area contributed by atoms with E-state index in [1.165, 1.54) is 5.56 Å². The van der Waals surface area contributed by atoms with Crippen LogP contribution in [0.2, 0.25) is 0 Å². The van der Waals surface area contributed by atoms with Crippen LogP contribution in [0.4, 0.5) is 5.69 Å². The molecule has 1 amide bonds. The Morgan fingerprint density at radius 2 is 1.86 bits per heavy atom. The molecule has 1 saturated carbocycles. The van der Waals surface area contributed by atoms with Gasteiger partial charge in [0.1, 0.15) is 5.75 Å². The van der Waals surface area contributed by atoms with Crippen molar-refractivity contribution >= 4 is 11.6 Å². The number of rotatable bonds is 5. The second-order valence-electron chi connectivity index (χ2n) is 5.28. The fourth-order valence-corrected chi connectivity index (χ4v) is 2.38. The minimum Gasteiger partial charge on any atom is -0.484 e. The Hall–Kier alpha value is -2.49. The second kappa shape index (κ2) is 5.87. The SMILES string of the molecule is Nc1ccc(OCC(=O)NC2CC2c2ccccc2)cc1. The highest BCUT2D eigenvalue weighted by atomic mass is 16.5. The normalized spacial score (nSPS) is 19.8. The summed E-state index contributed by atoms with van der Waals surface area (Å²) < 4.78 is 5.42. The number of nitrogens with one attached hydrogen (secondary N) is 1. The molecule has 0 aromatic heterocycles. The minimum absolute atomic E-state index is 0.0297. The highest BCUT2D eigenvalue weighted by Crippen LogP contribution is 2.40. The van der Waals surface area contributed by atoms with Crippen molar-refractivity contribution < 1.29 is 9.53 Å². The van der Waals surface area contributed by atoms with Crippen LogP contribution in [-0.2, 0) is 4.79 Å². The number of ether oxygens (including phenoxy) is 1. The van der Waals surface area contributed by atoms with E-state index in [9.17, 15) is 4.79 Å². The molecule has 0 aliphatic heterocycles. The first-order chi connectivity index (χ1) is 10.2. The molecule has 1 aliphatic rings. The van der Waals surface area contributed by atoms with Gasteiger partial charge in [-0.25, -0.2) is 0 Å². The van der Waals surface area contributed by atoms with E-state index in [2.05, 4.69) is 17.4 Å². The molecule has 3 rings (SSSR count). The molecule has 2 aromatic carbocycles. The average Bonchev–Trinajstić information content (AvgIpc) is 3.27. The Morgan fingerprint density at radius 1 is 1.14 bits per heavy atom. The van der Waals surface area contributed by atoms with Gasteiger partial charge in [-0.15, -0.1) is 0 Å². The lowest BCUT2D eigenvalue weighted by molar-refractivity contribution is -0.123. The molecule has 108 valence electrons. The molecule has 3 N–H and O–H groups in total. The van der Waals surface area contributed by atoms with E-state index in [1.54, 1.807) is 24.3 Å². The van der Waals surface area contributed by atoms with Gasteiger partial charge in [0.2, 0.25) is 0 Å². The summed E-state index contributed by atoms with van der Waals surface area (Å²) in [5.41, 5.74) is 7.55. The van der Waals surface area contributed by atoms with Crippen molar-refractivity contribution in [2.75, 3.05) is 12.3 Å². The molecule has 0 spiro atoms. The van der Waals surface area contributed by atoms with Gasteiger partial charge in [0.05, 0.1) is 0 Å². The molecule has 0 radical (unpaired) electrons. The summed E-state index contributed by atoms with van der Waals surface area (Å²) in [6.07, 6.45) is 0.998. The molecule has 0 heterocycles. The van der Waals surface area contributed by atoms with Crippen LogP contribution in [0.1, 0.15) is 17.9 Å². The molecule has 1 aliphatic carbocycles. The van der Waals surface area contributed by atoms with Crippen molar-refractivity contribution in [3.63, 3.8) is 0 Å². The van der Waals surface area contributed by atoms with Gasteiger partial charge < -0.3 is 15.8 Å². The summed E-state index contributed by atoms with van der Waals surface area (Å²) in [4.78, 5) is 11.8. The van der Waals surface area contributed by atoms with Gasteiger partial charge in [-0.1, -0.05) is 30.3 Å². The molecule has 2 unspecified atom stereocenters. The van der Waals surface area contributed by atoms with Gasteiger partial charge in [0, 0.05) is 17.6 Å². The lowest BCUT2D eigenvalue weighted by atomic mass is 10.1. The van der Waals surface area contributed by atoms with Crippen LogP contribution in [0.15, 0.2) is 54.6 Å². The van der Waals surface area contributed by atoms with Gasteiger partial charge in [0.25, 0.3) is 5.91 Å². The first-order valence-corrected chi connectivity index (χ1v) is 7.05. The Labute approximate surface area is 123 Å². The van der Waals surface area contributed by atoms with Crippen LogP contribution in [0, 0.1) is 0 Å². The van der Waals surface area contributed by atoms with Gasteiger partial charge in [-0.2, -0.15) is 0 Å². The van der Waals surface area contributed by atoms with Gasteiger partial charge >= 0.3 is 0 Å². The van der Waals surface area contributed by atoms with Crippen molar-refractivity contribution in [3.05, 3.63) is 60.2 Å². The Kier molecular flexibility index (Phi) is 3.77. The molecule has 0 bridgehead atoms. The minimum atomic E-state index is -0.0877. The van der Waals surface area contributed by atoms with E-state index in [0.717, 1.165) is 6.42 Å². The molecular formula is C17H18N2O2. The second-order valence-corrected chi connectivity index (χ2v) is 5.28. The zero-order chi connectivity index (χ0) is 14.7. The molecule has 21 heavy (non-hydrogen) atoms. The Balaban J connectivity index is 1.44. The molecular weight excluding hydrogens is 264 g/mol. The zero-order valence-corrected chi connectivity index (χ0v) is 11.7. The number of carbonyl (C=O) groups excluding carboxylic acids is 1. The highest BCUT2D eigenvalue weighted by molar-refractivity contribution is 5.78. The molecule has 0 saturated heterocycles. The fraction of sp³-hybridized carbons (Fsp3) is 0.235. The lowest BCUT2D eigenvalue weighted by Crippen LogP contribution is -2.31. The maximum Gasteiger partial charge on any atom is 0.258 e. The molecule has 2 atom stereocenters. The maximum atomic E-state index is 11.8. The maximum absolute atomic E-state index is 11.8. The van der Waals surface area contributed by atoms with E-state index in [4.69, 9.17) is 10.5 Å². The quantitative estimate of drug-likeness (QED) is 0.827. The van der Waals surface area contributed by atoms with Crippen LogP contribution >= 0.6 is 0 Å². The van der Waals surface area contributed by atoms with E-state index >= 15 is 0 Å². The fourth-order valence-electron chi connectivity index (χ4n) is 2.38. The molecule has 4 heteroatoms. The van der Waals surface area contributed by atoms with Crippen molar-refractivity contribution in [1.82, 2.24) is 5.32 Å². The van der Waals surface area contributed by atoms with Crippen LogP contribution in [0.25, 0.3) is 0 Å². The van der Waals surface area contributed by atoms with Gasteiger partial charge in [-0.3, -0.25) is 4.79 Å². The Morgan fingerprint density at radius 3 is 2.57 bits per heavy atom. The van der Waals surface area contributed by atoms with Gasteiger partial charge in [-0.05, 0) is 36.2 Å². The summed E-state index contributed by atoms with van der Waals surface area (Å²) >= 11 is 0. The standard InChI is InChI=1S/C17H18N2O2/c18-13-6-8-14(9-7-13)21-11-17(20)19-16-10-15(16)12-4-2-1-3-5-12/h1-9,15-16H,10-11,18H2,(H,19,20). The summed E-state index contributed by atoms with van der Waals surface area (Å²) in [5, 5.41) is 3.00. The van der Waals surface area contributed by atoms with E-state index in [1.807, 2.05) is 18.2 Å². The predicted octanol–water partition coefficient (Wildman–Crippen LogP) is 2.32. The summed E-state index contributed by atoms with van der Waals surface area (Å²) in [6, 6.07) is 17.5. The van der Waals surface area contributed by atoms with E-state index < -0.39 is 0 Å². The number of hydrogen-bond acceptors (Lipinski definition) is 3. The highest BCUT2D eigenvalue weighted by Gasteiger charge is 2.39. The third-order valence-electron chi connectivity index (χ3n) is 3.61. The van der Waals surface area contributed by atoms with Crippen molar-refractivity contribution in [3.8, 4) is 5.75 Å². The number of anilines is 1. The smallest absolute Gasteiger partial charge is 0.258 e. The summed E-state index contributed by atoms with van der Waals surface area (Å²) in [6.45, 7) is 0.0297. The van der Waals surface area contributed by atoms with E-state index in [-0.39, 0.29) is 18.6 Å². The average molecular weight is 282 g/mol. The van der Waals surface area contributed by atoms with Crippen LogP contribution in [0.5, 0.6) is 5.75 Å². The third kappa shape index (κ3) is 3.54. The third-order valence-corrected chi connectivity index (χ3v) is 3.61. The number of nitrogens with two attached hydrogens (primary N) is 1. The van der Waals surface area contributed by atoms with Gasteiger partial charge in [0.15, 0.2) is 6.61 Å². The number of nitrogen functional groups attached to an aromatic ring is 1. The van der Waals surface area contributed by atoms with Crippen LogP contribution < -0.4 is 15.8 Å². The number of carbonyl (C=O) groups is 1. The summed E-state index contributed by atoms with van der Waals surface area (Å²) in [7, 11) is 0. The number of benzene rings is 2. The molecule has 4 nitrogen and oxygen atoms in total. The topological polar surface area (TPSA) is 64.3 Å². The zero-order valence-electron chi connectivity index (χ0n) is 11.7. The number of hydrogen-bond donors (Lipinski definition) is 2. The van der Waals surface area contributed by atoms with E-state index in [0.29, 0.717) is 17.4 Å². The van der Waals surface area contributed by atoms with Crippen LogP contribution in [0.3, 0.4) is 0 Å². The Bertz CT molecular complexity index is 610.